The van der Waals surface area contributed by atoms with E-state index in [-0.39, 0.29) is 17.2 Å². The number of nitro groups is 1. The molecule has 0 aliphatic carbocycles. The smallest absolute Gasteiger partial charge is 0.329 e. The Morgan fingerprint density at radius 2 is 1.95 bits per heavy atom. The van der Waals surface area contributed by atoms with Gasteiger partial charge in [-0.05, 0) is 20.8 Å². The predicted octanol–water partition coefficient (Wildman–Crippen LogP) is 0.591. The van der Waals surface area contributed by atoms with Gasteiger partial charge in [0.15, 0.2) is 0 Å². The van der Waals surface area contributed by atoms with Gasteiger partial charge in [-0.25, -0.2) is 10.8 Å². The van der Waals surface area contributed by atoms with E-state index in [0.29, 0.717) is 18.9 Å². The zero-order valence-electron chi connectivity index (χ0n) is 12.5. The lowest BCUT2D eigenvalue weighted by Crippen LogP contribution is -2.53. The number of hydrazine groups is 1. The van der Waals surface area contributed by atoms with E-state index in [0.717, 1.165) is 13.1 Å². The summed E-state index contributed by atoms with van der Waals surface area (Å²) in [6, 6.07) is 0. The highest BCUT2D eigenvalue weighted by Crippen LogP contribution is 2.27. The number of nitrogen functional groups attached to an aromatic ring is 1. The monoisotopic (exact) mass is 295 g/mol. The fourth-order valence-electron chi connectivity index (χ4n) is 2.39. The molecule has 3 N–H and O–H groups in total. The van der Waals surface area contributed by atoms with Gasteiger partial charge >= 0.3 is 5.69 Å². The maximum atomic E-state index is 11.1. The fourth-order valence-corrected chi connectivity index (χ4v) is 2.39. The lowest BCUT2D eigenvalue weighted by Gasteiger charge is -2.42. The highest BCUT2D eigenvalue weighted by atomic mass is 16.6. The van der Waals surface area contributed by atoms with Crippen LogP contribution in [0.5, 0.6) is 0 Å². The second kappa shape index (κ2) is 5.78. The summed E-state index contributed by atoms with van der Waals surface area (Å²) >= 11 is 0. The Morgan fingerprint density at radius 3 is 2.43 bits per heavy atom. The minimum Gasteiger partial charge on any atom is -0.348 e. The standard InChI is InChI=1S/C12H21N7O2/c1-12(2,3)18-6-4-17(5-7-18)10-9(19(20)21)8-14-11(15-10)16-13/h8H,4-7,13H2,1-3H3,(H,14,15,16). The first-order chi connectivity index (χ1) is 9.82. The number of rotatable bonds is 3. The molecule has 1 aromatic heterocycles. The van der Waals surface area contributed by atoms with Gasteiger partial charge in [0.2, 0.25) is 11.8 Å². The zero-order valence-corrected chi connectivity index (χ0v) is 12.5. The van der Waals surface area contributed by atoms with Gasteiger partial charge in [0.05, 0.1) is 4.92 Å². The third-order valence-electron chi connectivity index (χ3n) is 3.60. The van der Waals surface area contributed by atoms with Gasteiger partial charge in [0, 0.05) is 31.7 Å². The molecule has 0 radical (unpaired) electrons. The summed E-state index contributed by atoms with van der Waals surface area (Å²) in [5.74, 6) is 5.77. The topological polar surface area (TPSA) is 113 Å². The van der Waals surface area contributed by atoms with E-state index in [1.54, 1.807) is 0 Å². The van der Waals surface area contributed by atoms with Crippen molar-refractivity contribution in [1.29, 1.82) is 0 Å². The van der Waals surface area contributed by atoms with Crippen LogP contribution in [-0.2, 0) is 0 Å². The average molecular weight is 295 g/mol. The molecule has 2 heterocycles. The molecular formula is C12H21N7O2. The van der Waals surface area contributed by atoms with Crippen molar-refractivity contribution in [3.63, 3.8) is 0 Å². The Labute approximate surface area is 123 Å². The van der Waals surface area contributed by atoms with Crippen LogP contribution in [0.1, 0.15) is 20.8 Å². The Kier molecular flexibility index (Phi) is 4.24. The normalized spacial score (nSPS) is 16.9. The highest BCUT2D eigenvalue weighted by Gasteiger charge is 2.30. The predicted molar refractivity (Wildman–Crippen MR) is 80.0 cm³/mol. The van der Waals surface area contributed by atoms with Crippen LogP contribution in [0.25, 0.3) is 0 Å². The number of hydrogen-bond acceptors (Lipinski definition) is 8. The molecule has 2 rings (SSSR count). The molecule has 0 aromatic carbocycles. The zero-order chi connectivity index (χ0) is 15.6. The van der Waals surface area contributed by atoms with Crippen LogP contribution in [-0.4, -0.2) is 51.5 Å². The molecule has 1 saturated heterocycles. The van der Waals surface area contributed by atoms with Gasteiger partial charge in [0.1, 0.15) is 6.20 Å². The number of piperazine rings is 1. The SMILES string of the molecule is CC(C)(C)N1CCN(c2nc(NN)ncc2[N+](=O)[O-])CC1. The van der Waals surface area contributed by atoms with Gasteiger partial charge in [0.25, 0.3) is 0 Å². The third kappa shape index (κ3) is 3.37. The van der Waals surface area contributed by atoms with E-state index in [9.17, 15) is 10.1 Å². The Bertz CT molecular complexity index is 521. The third-order valence-corrected chi connectivity index (χ3v) is 3.60. The lowest BCUT2D eigenvalue weighted by molar-refractivity contribution is -0.384. The number of nitrogens with zero attached hydrogens (tertiary/aromatic N) is 5. The molecule has 0 atom stereocenters. The Balaban J connectivity index is 2.21. The summed E-state index contributed by atoms with van der Waals surface area (Å²) in [4.78, 5) is 22.9. The van der Waals surface area contributed by atoms with Gasteiger partial charge in [-0.3, -0.25) is 20.4 Å². The summed E-state index contributed by atoms with van der Waals surface area (Å²) in [7, 11) is 0. The summed E-state index contributed by atoms with van der Waals surface area (Å²) in [5, 5.41) is 11.1. The molecule has 1 aliphatic heterocycles. The molecule has 1 aliphatic rings. The van der Waals surface area contributed by atoms with Gasteiger partial charge in [-0.2, -0.15) is 4.98 Å². The van der Waals surface area contributed by atoms with Crippen molar-refractivity contribution in [3.8, 4) is 0 Å². The van der Waals surface area contributed by atoms with Crippen LogP contribution in [0.4, 0.5) is 17.5 Å². The maximum absolute atomic E-state index is 11.1. The molecule has 9 nitrogen and oxygen atoms in total. The molecule has 0 spiro atoms. The van der Waals surface area contributed by atoms with E-state index < -0.39 is 4.92 Å². The number of nitrogens with one attached hydrogen (secondary N) is 1. The van der Waals surface area contributed by atoms with Crippen LogP contribution in [0, 0.1) is 10.1 Å². The molecule has 0 saturated carbocycles. The van der Waals surface area contributed by atoms with Crippen molar-refractivity contribution in [2.75, 3.05) is 36.5 Å². The number of nitrogens with two attached hydrogens (primary N) is 1. The van der Waals surface area contributed by atoms with Crippen LogP contribution in [0.3, 0.4) is 0 Å². The van der Waals surface area contributed by atoms with Crippen molar-refractivity contribution < 1.29 is 4.92 Å². The van der Waals surface area contributed by atoms with Gasteiger partial charge in [-0.15, -0.1) is 0 Å². The Morgan fingerprint density at radius 1 is 1.33 bits per heavy atom. The minimum atomic E-state index is -0.467. The lowest BCUT2D eigenvalue weighted by atomic mass is 10.0. The van der Waals surface area contributed by atoms with E-state index >= 15 is 0 Å². The molecular weight excluding hydrogens is 274 g/mol. The molecule has 0 unspecified atom stereocenters. The van der Waals surface area contributed by atoms with Crippen molar-refractivity contribution >= 4 is 17.5 Å². The van der Waals surface area contributed by atoms with Gasteiger partial charge < -0.3 is 4.90 Å². The van der Waals surface area contributed by atoms with E-state index in [4.69, 9.17) is 5.84 Å². The molecule has 1 aromatic rings. The Hall–Kier alpha value is -2.00. The summed E-state index contributed by atoms with van der Waals surface area (Å²) in [5.41, 5.74) is 2.32. The maximum Gasteiger partial charge on any atom is 0.329 e. The first-order valence-corrected chi connectivity index (χ1v) is 6.81. The summed E-state index contributed by atoms with van der Waals surface area (Å²) in [6.45, 7) is 9.50. The summed E-state index contributed by atoms with van der Waals surface area (Å²) < 4.78 is 0. The minimum absolute atomic E-state index is 0.0909. The quantitative estimate of drug-likeness (QED) is 0.473. The van der Waals surface area contributed by atoms with E-state index in [2.05, 4.69) is 41.1 Å². The van der Waals surface area contributed by atoms with E-state index in [1.165, 1.54) is 6.20 Å². The van der Waals surface area contributed by atoms with Crippen LogP contribution in [0.15, 0.2) is 6.20 Å². The van der Waals surface area contributed by atoms with E-state index in [1.807, 2.05) is 4.90 Å². The average Bonchev–Trinajstić information content (AvgIpc) is 2.45. The van der Waals surface area contributed by atoms with Crippen molar-refractivity contribution in [3.05, 3.63) is 16.3 Å². The van der Waals surface area contributed by atoms with Crippen molar-refractivity contribution in [2.45, 2.75) is 26.3 Å². The van der Waals surface area contributed by atoms with Crippen LogP contribution in [0.2, 0.25) is 0 Å². The second-order valence-electron chi connectivity index (χ2n) is 5.95. The fraction of sp³-hybridized carbons (Fsp3) is 0.667. The molecule has 1 fully saturated rings. The summed E-state index contributed by atoms with van der Waals surface area (Å²) in [6.07, 6.45) is 1.19. The number of anilines is 2. The highest BCUT2D eigenvalue weighted by molar-refractivity contribution is 5.59. The number of aromatic nitrogens is 2. The van der Waals surface area contributed by atoms with Crippen LogP contribution < -0.4 is 16.2 Å². The molecule has 21 heavy (non-hydrogen) atoms. The van der Waals surface area contributed by atoms with Crippen molar-refractivity contribution in [1.82, 2.24) is 14.9 Å². The molecule has 116 valence electrons. The second-order valence-corrected chi connectivity index (χ2v) is 5.95. The van der Waals surface area contributed by atoms with Crippen LogP contribution >= 0.6 is 0 Å². The molecule has 0 bridgehead atoms. The molecule has 0 amide bonds. The largest absolute Gasteiger partial charge is 0.348 e. The van der Waals surface area contributed by atoms with Gasteiger partial charge in [-0.1, -0.05) is 0 Å². The molecule has 9 heteroatoms. The van der Waals surface area contributed by atoms with Crippen molar-refractivity contribution in [2.24, 2.45) is 5.84 Å². The number of hydrogen-bond donors (Lipinski definition) is 2. The first-order valence-electron chi connectivity index (χ1n) is 6.81. The first kappa shape index (κ1) is 15.4.